The van der Waals surface area contributed by atoms with Crippen LogP contribution in [0.15, 0.2) is 77.7 Å². The number of amides is 1. The first kappa shape index (κ1) is 20.8. The first-order valence-corrected chi connectivity index (χ1v) is 11.3. The van der Waals surface area contributed by atoms with E-state index in [4.69, 9.17) is 4.74 Å². The van der Waals surface area contributed by atoms with Crippen LogP contribution in [0.5, 0.6) is 5.75 Å². The monoisotopic (exact) mass is 456 g/mol. The van der Waals surface area contributed by atoms with E-state index < -0.39 is 11.5 Å². The largest absolute Gasteiger partial charge is 0.494 e. The van der Waals surface area contributed by atoms with Crippen LogP contribution < -0.4 is 15.6 Å². The minimum atomic E-state index is -0.503. The van der Waals surface area contributed by atoms with E-state index in [-0.39, 0.29) is 5.56 Å². The molecule has 0 saturated heterocycles. The molecule has 3 heterocycles. The number of thiazole rings is 1. The molecule has 5 rings (SSSR count). The topological polar surface area (TPSA) is 86.1 Å². The lowest BCUT2D eigenvalue weighted by Gasteiger charge is -2.12. The molecule has 0 fully saturated rings. The molecule has 1 amide bonds. The number of pyridine rings is 2. The van der Waals surface area contributed by atoms with Gasteiger partial charge in [-0.1, -0.05) is 41.7 Å². The predicted molar refractivity (Wildman–Crippen MR) is 130 cm³/mol. The Kier molecular flexibility index (Phi) is 5.58. The van der Waals surface area contributed by atoms with E-state index in [0.29, 0.717) is 29.3 Å². The van der Waals surface area contributed by atoms with Crippen molar-refractivity contribution in [1.82, 2.24) is 14.5 Å². The fourth-order valence-electron chi connectivity index (χ4n) is 3.66. The summed E-state index contributed by atoms with van der Waals surface area (Å²) in [6.45, 7) is 2.81. The van der Waals surface area contributed by atoms with E-state index >= 15 is 0 Å². The maximum atomic E-state index is 13.3. The van der Waals surface area contributed by atoms with Gasteiger partial charge in [0.25, 0.3) is 11.5 Å². The number of hydrogen-bond donors (Lipinski definition) is 1. The van der Waals surface area contributed by atoms with Crippen LogP contribution in [0.3, 0.4) is 0 Å². The first-order chi connectivity index (χ1) is 16.1. The molecule has 33 heavy (non-hydrogen) atoms. The third-order valence-corrected chi connectivity index (χ3v) is 6.10. The Morgan fingerprint density at radius 1 is 1.09 bits per heavy atom. The third-order valence-electron chi connectivity index (χ3n) is 5.17. The second-order valence-electron chi connectivity index (χ2n) is 7.39. The second kappa shape index (κ2) is 8.84. The highest BCUT2D eigenvalue weighted by molar-refractivity contribution is 7.22. The molecular weight excluding hydrogens is 436 g/mol. The molecule has 3 aromatic heterocycles. The zero-order valence-corrected chi connectivity index (χ0v) is 18.6. The van der Waals surface area contributed by atoms with Gasteiger partial charge in [0.15, 0.2) is 5.13 Å². The zero-order valence-electron chi connectivity index (χ0n) is 17.8. The van der Waals surface area contributed by atoms with Gasteiger partial charge in [-0.2, -0.15) is 0 Å². The third kappa shape index (κ3) is 4.20. The Morgan fingerprint density at radius 3 is 2.76 bits per heavy atom. The molecule has 2 aromatic carbocycles. The summed E-state index contributed by atoms with van der Waals surface area (Å²) in [6.07, 6.45) is 1.64. The average Bonchev–Trinajstić information content (AvgIpc) is 3.23. The van der Waals surface area contributed by atoms with Gasteiger partial charge in [-0.15, -0.1) is 0 Å². The Labute approximate surface area is 193 Å². The Balaban J connectivity index is 1.51. The molecule has 0 aliphatic rings. The summed E-state index contributed by atoms with van der Waals surface area (Å²) < 4.78 is 7.96. The van der Waals surface area contributed by atoms with E-state index in [9.17, 15) is 9.59 Å². The summed E-state index contributed by atoms with van der Waals surface area (Å²) in [5.74, 6) is 0.244. The van der Waals surface area contributed by atoms with Crippen LogP contribution in [-0.2, 0) is 6.54 Å². The number of rotatable bonds is 6. The van der Waals surface area contributed by atoms with Crippen molar-refractivity contribution >= 4 is 43.6 Å². The number of ether oxygens (including phenoxy) is 1. The molecular formula is C25H20N4O3S. The minimum Gasteiger partial charge on any atom is -0.494 e. The van der Waals surface area contributed by atoms with E-state index in [2.05, 4.69) is 15.3 Å². The standard InChI is InChI=1S/C25H20N4O3S/c1-2-32-18-10-11-20-21(14-18)33-25(27-20)28-23(30)19-13-17-9-6-12-26-22(17)29(24(19)31)15-16-7-4-3-5-8-16/h3-14H,2,15H2,1H3,(H,27,28,30). The van der Waals surface area contributed by atoms with Crippen LogP contribution in [0.2, 0.25) is 0 Å². The molecule has 0 unspecified atom stereocenters. The highest BCUT2D eigenvalue weighted by atomic mass is 32.1. The van der Waals surface area contributed by atoms with Crippen molar-refractivity contribution in [3.63, 3.8) is 0 Å². The maximum Gasteiger partial charge on any atom is 0.265 e. The smallest absolute Gasteiger partial charge is 0.265 e. The molecule has 1 N–H and O–H groups in total. The van der Waals surface area contributed by atoms with Gasteiger partial charge in [-0.05, 0) is 48.9 Å². The van der Waals surface area contributed by atoms with Crippen molar-refractivity contribution in [2.45, 2.75) is 13.5 Å². The molecule has 0 bridgehead atoms. The summed E-state index contributed by atoms with van der Waals surface area (Å²) in [4.78, 5) is 35.3. The lowest BCUT2D eigenvalue weighted by molar-refractivity contribution is 0.102. The lowest BCUT2D eigenvalue weighted by Crippen LogP contribution is -2.30. The number of benzene rings is 2. The van der Waals surface area contributed by atoms with Crippen molar-refractivity contribution in [2.75, 3.05) is 11.9 Å². The quantitative estimate of drug-likeness (QED) is 0.400. The zero-order chi connectivity index (χ0) is 22.8. The van der Waals surface area contributed by atoms with E-state index in [0.717, 1.165) is 21.5 Å². The van der Waals surface area contributed by atoms with E-state index in [1.165, 1.54) is 15.9 Å². The van der Waals surface area contributed by atoms with Crippen LogP contribution in [0, 0.1) is 0 Å². The summed E-state index contributed by atoms with van der Waals surface area (Å²) in [6, 6.07) is 20.4. The number of carbonyl (C=O) groups is 1. The normalized spacial score (nSPS) is 11.1. The SMILES string of the molecule is CCOc1ccc2nc(NC(=O)c3cc4cccnc4n(Cc4ccccc4)c3=O)sc2c1. The van der Waals surface area contributed by atoms with Crippen molar-refractivity contribution in [2.24, 2.45) is 0 Å². The highest BCUT2D eigenvalue weighted by Gasteiger charge is 2.18. The van der Waals surface area contributed by atoms with Gasteiger partial charge >= 0.3 is 0 Å². The maximum absolute atomic E-state index is 13.3. The van der Waals surface area contributed by atoms with Crippen LogP contribution >= 0.6 is 11.3 Å². The van der Waals surface area contributed by atoms with Gasteiger partial charge < -0.3 is 4.74 Å². The molecule has 8 heteroatoms. The first-order valence-electron chi connectivity index (χ1n) is 10.5. The van der Waals surface area contributed by atoms with Crippen molar-refractivity contribution < 1.29 is 9.53 Å². The molecule has 0 saturated carbocycles. The molecule has 0 aliphatic heterocycles. The number of hydrogen-bond acceptors (Lipinski definition) is 6. The summed E-state index contributed by atoms with van der Waals surface area (Å²) in [7, 11) is 0. The van der Waals surface area contributed by atoms with Crippen LogP contribution in [-0.4, -0.2) is 27.0 Å². The second-order valence-corrected chi connectivity index (χ2v) is 8.42. The summed E-state index contributed by atoms with van der Waals surface area (Å²) in [5.41, 5.74) is 1.87. The number of aromatic nitrogens is 3. The molecule has 0 aliphatic carbocycles. The summed E-state index contributed by atoms with van der Waals surface area (Å²) >= 11 is 1.33. The molecule has 0 atom stereocenters. The molecule has 164 valence electrons. The Hall–Kier alpha value is -4.04. The molecule has 0 spiro atoms. The lowest BCUT2D eigenvalue weighted by atomic mass is 10.1. The minimum absolute atomic E-state index is 0.0423. The van der Waals surface area contributed by atoms with Crippen molar-refractivity contribution in [1.29, 1.82) is 0 Å². The molecule has 0 radical (unpaired) electrons. The van der Waals surface area contributed by atoms with Crippen molar-refractivity contribution in [3.05, 3.63) is 94.4 Å². The van der Waals surface area contributed by atoms with E-state index in [1.807, 2.05) is 61.5 Å². The van der Waals surface area contributed by atoms with Gasteiger partial charge in [0, 0.05) is 11.6 Å². The van der Waals surface area contributed by atoms with Gasteiger partial charge in [-0.3, -0.25) is 19.5 Å². The van der Waals surface area contributed by atoms with Crippen LogP contribution in [0.1, 0.15) is 22.8 Å². The number of fused-ring (bicyclic) bond motifs is 2. The fraction of sp³-hybridized carbons (Fsp3) is 0.120. The van der Waals surface area contributed by atoms with E-state index in [1.54, 1.807) is 18.3 Å². The summed E-state index contributed by atoms with van der Waals surface area (Å²) in [5, 5.41) is 3.92. The van der Waals surface area contributed by atoms with Crippen LogP contribution in [0.4, 0.5) is 5.13 Å². The average molecular weight is 457 g/mol. The molecule has 7 nitrogen and oxygen atoms in total. The highest BCUT2D eigenvalue weighted by Crippen LogP contribution is 2.29. The number of carbonyl (C=O) groups excluding carboxylic acids is 1. The predicted octanol–water partition coefficient (Wildman–Crippen LogP) is 4.71. The number of nitrogens with one attached hydrogen (secondary N) is 1. The molecule has 5 aromatic rings. The van der Waals surface area contributed by atoms with Gasteiger partial charge in [0.05, 0.1) is 23.4 Å². The Morgan fingerprint density at radius 2 is 1.94 bits per heavy atom. The van der Waals surface area contributed by atoms with Gasteiger partial charge in [-0.25, -0.2) is 9.97 Å². The van der Waals surface area contributed by atoms with Crippen LogP contribution in [0.25, 0.3) is 21.3 Å². The fourth-order valence-corrected chi connectivity index (χ4v) is 4.55. The van der Waals surface area contributed by atoms with Gasteiger partial charge in [0.2, 0.25) is 0 Å². The number of anilines is 1. The Bertz CT molecular complexity index is 1530. The van der Waals surface area contributed by atoms with Gasteiger partial charge in [0.1, 0.15) is 17.0 Å². The number of nitrogens with zero attached hydrogens (tertiary/aromatic N) is 3. The van der Waals surface area contributed by atoms with Crippen molar-refractivity contribution in [3.8, 4) is 5.75 Å².